The third-order valence-corrected chi connectivity index (χ3v) is 5.01. The number of thiazole rings is 1. The molecule has 0 bridgehead atoms. The lowest BCUT2D eigenvalue weighted by atomic mass is 10.2. The molecular weight excluding hydrogens is 296 g/mol. The molecule has 120 valence electrons. The van der Waals surface area contributed by atoms with Crippen molar-refractivity contribution in [2.45, 2.75) is 6.54 Å². The number of nitrogens with one attached hydrogen (secondary N) is 1. The number of likely N-dealkylation sites (N-methyl/N-ethyl adjacent to an activating group) is 1. The van der Waals surface area contributed by atoms with E-state index in [9.17, 15) is 0 Å². The monoisotopic (exact) mass is 320 g/mol. The molecule has 2 heterocycles. The normalized spacial score (nSPS) is 17.2. The van der Waals surface area contributed by atoms with Crippen molar-refractivity contribution in [3.63, 3.8) is 0 Å². The van der Waals surface area contributed by atoms with E-state index in [1.807, 2.05) is 0 Å². The molecule has 6 heteroatoms. The number of methoxy groups -OCH3 is 1. The Bertz CT molecular complexity index is 607. The van der Waals surface area contributed by atoms with Crippen LogP contribution in [0.25, 0.3) is 10.2 Å². The zero-order valence-electron chi connectivity index (χ0n) is 13.3. The molecule has 1 saturated heterocycles. The van der Waals surface area contributed by atoms with Gasteiger partial charge in [0.25, 0.3) is 0 Å². The van der Waals surface area contributed by atoms with Crippen LogP contribution in [-0.4, -0.2) is 68.3 Å². The number of nitrogens with zero attached hydrogens (tertiary/aromatic N) is 3. The molecule has 0 aliphatic carbocycles. The Balaban J connectivity index is 1.64. The van der Waals surface area contributed by atoms with Gasteiger partial charge in [0.05, 0.1) is 16.8 Å². The molecule has 1 fully saturated rings. The third-order valence-electron chi connectivity index (χ3n) is 4.04. The van der Waals surface area contributed by atoms with Gasteiger partial charge in [0.1, 0.15) is 0 Å². The molecule has 0 amide bonds. The predicted molar refractivity (Wildman–Crippen MR) is 92.8 cm³/mol. The number of piperazine rings is 1. The number of ether oxygens (including phenoxy) is 1. The summed E-state index contributed by atoms with van der Waals surface area (Å²) in [5, 5.41) is 4.28. The van der Waals surface area contributed by atoms with Crippen LogP contribution in [0.15, 0.2) is 18.2 Å². The van der Waals surface area contributed by atoms with Crippen molar-refractivity contribution in [3.05, 3.63) is 23.8 Å². The van der Waals surface area contributed by atoms with Crippen LogP contribution in [0.4, 0.5) is 5.13 Å². The van der Waals surface area contributed by atoms with E-state index in [1.165, 1.54) is 10.3 Å². The fourth-order valence-corrected chi connectivity index (χ4v) is 3.62. The summed E-state index contributed by atoms with van der Waals surface area (Å²) in [5.41, 5.74) is 2.45. The first-order valence-electron chi connectivity index (χ1n) is 7.78. The zero-order valence-corrected chi connectivity index (χ0v) is 14.2. The highest BCUT2D eigenvalue weighted by atomic mass is 32.1. The van der Waals surface area contributed by atoms with Gasteiger partial charge in [0.15, 0.2) is 5.13 Å². The van der Waals surface area contributed by atoms with Gasteiger partial charge in [-0.3, -0.25) is 4.90 Å². The van der Waals surface area contributed by atoms with Crippen molar-refractivity contribution >= 4 is 26.7 Å². The van der Waals surface area contributed by atoms with E-state index in [4.69, 9.17) is 4.74 Å². The Morgan fingerprint density at radius 1 is 1.27 bits per heavy atom. The largest absolute Gasteiger partial charge is 0.383 e. The van der Waals surface area contributed by atoms with Gasteiger partial charge in [-0.25, -0.2) is 4.98 Å². The number of rotatable bonds is 6. The molecule has 22 heavy (non-hydrogen) atoms. The summed E-state index contributed by atoms with van der Waals surface area (Å²) >= 11 is 1.72. The first kappa shape index (κ1) is 15.7. The highest BCUT2D eigenvalue weighted by Gasteiger charge is 2.14. The van der Waals surface area contributed by atoms with Crippen LogP contribution in [-0.2, 0) is 11.3 Å². The maximum atomic E-state index is 5.05. The number of aromatic nitrogens is 1. The fraction of sp³-hybridized carbons (Fsp3) is 0.562. The Morgan fingerprint density at radius 2 is 2.09 bits per heavy atom. The average molecular weight is 320 g/mol. The minimum absolute atomic E-state index is 0.699. The number of fused-ring (bicyclic) bond motifs is 1. The summed E-state index contributed by atoms with van der Waals surface area (Å²) in [4.78, 5) is 9.53. The maximum Gasteiger partial charge on any atom is 0.183 e. The fourth-order valence-electron chi connectivity index (χ4n) is 2.67. The van der Waals surface area contributed by atoms with Crippen molar-refractivity contribution in [2.24, 2.45) is 0 Å². The molecule has 0 saturated carbocycles. The van der Waals surface area contributed by atoms with Crippen molar-refractivity contribution in [2.75, 3.05) is 58.8 Å². The molecule has 5 nitrogen and oxygen atoms in total. The lowest BCUT2D eigenvalue weighted by Gasteiger charge is -2.32. The summed E-state index contributed by atoms with van der Waals surface area (Å²) in [6.07, 6.45) is 0. The summed E-state index contributed by atoms with van der Waals surface area (Å²) in [6, 6.07) is 6.63. The van der Waals surface area contributed by atoms with Crippen LogP contribution < -0.4 is 5.32 Å². The van der Waals surface area contributed by atoms with Crippen LogP contribution in [0.2, 0.25) is 0 Å². The lowest BCUT2D eigenvalue weighted by molar-refractivity contribution is 0.148. The van der Waals surface area contributed by atoms with Crippen LogP contribution in [0.1, 0.15) is 5.56 Å². The predicted octanol–water partition coefficient (Wildman–Crippen LogP) is 2.10. The van der Waals surface area contributed by atoms with E-state index in [-0.39, 0.29) is 0 Å². The molecule has 1 aromatic heterocycles. The van der Waals surface area contributed by atoms with E-state index in [2.05, 4.69) is 45.3 Å². The highest BCUT2D eigenvalue weighted by Crippen LogP contribution is 2.27. The summed E-state index contributed by atoms with van der Waals surface area (Å²) < 4.78 is 6.31. The van der Waals surface area contributed by atoms with Gasteiger partial charge >= 0.3 is 0 Å². The van der Waals surface area contributed by atoms with Gasteiger partial charge in [-0.05, 0) is 24.7 Å². The van der Waals surface area contributed by atoms with Crippen LogP contribution in [0.5, 0.6) is 0 Å². The summed E-state index contributed by atoms with van der Waals surface area (Å²) in [5.74, 6) is 0. The smallest absolute Gasteiger partial charge is 0.183 e. The lowest BCUT2D eigenvalue weighted by Crippen LogP contribution is -2.43. The SMILES string of the molecule is COCCNc1nc2ccc(CN3CCN(C)CC3)cc2s1. The van der Waals surface area contributed by atoms with Gasteiger partial charge in [0, 0.05) is 46.4 Å². The Morgan fingerprint density at radius 3 is 2.86 bits per heavy atom. The molecule has 1 aromatic carbocycles. The van der Waals surface area contributed by atoms with Gasteiger partial charge in [-0.1, -0.05) is 17.4 Å². The molecule has 0 spiro atoms. The first-order chi connectivity index (χ1) is 10.7. The van der Waals surface area contributed by atoms with Gasteiger partial charge in [-0.2, -0.15) is 0 Å². The highest BCUT2D eigenvalue weighted by molar-refractivity contribution is 7.22. The van der Waals surface area contributed by atoms with E-state index < -0.39 is 0 Å². The van der Waals surface area contributed by atoms with E-state index >= 15 is 0 Å². The van der Waals surface area contributed by atoms with E-state index in [0.717, 1.165) is 49.9 Å². The van der Waals surface area contributed by atoms with Gasteiger partial charge in [0.2, 0.25) is 0 Å². The minimum atomic E-state index is 0.699. The van der Waals surface area contributed by atoms with Crippen molar-refractivity contribution in [1.82, 2.24) is 14.8 Å². The minimum Gasteiger partial charge on any atom is -0.383 e. The third kappa shape index (κ3) is 3.95. The topological polar surface area (TPSA) is 40.6 Å². The molecule has 1 N–H and O–H groups in total. The van der Waals surface area contributed by atoms with Crippen LogP contribution >= 0.6 is 11.3 Å². The first-order valence-corrected chi connectivity index (χ1v) is 8.59. The quantitative estimate of drug-likeness (QED) is 0.826. The zero-order chi connectivity index (χ0) is 15.4. The number of anilines is 1. The molecule has 2 aromatic rings. The average Bonchev–Trinajstić information content (AvgIpc) is 2.92. The molecular formula is C16H24N4OS. The second kappa shape index (κ2) is 7.37. The van der Waals surface area contributed by atoms with Gasteiger partial charge in [-0.15, -0.1) is 0 Å². The molecule has 0 radical (unpaired) electrons. The van der Waals surface area contributed by atoms with Crippen LogP contribution in [0, 0.1) is 0 Å². The number of hydrogen-bond acceptors (Lipinski definition) is 6. The molecule has 0 unspecified atom stereocenters. The van der Waals surface area contributed by atoms with E-state index in [0.29, 0.717) is 6.61 Å². The summed E-state index contributed by atoms with van der Waals surface area (Å²) in [6.45, 7) is 7.16. The Hall–Kier alpha value is -1.21. The second-order valence-electron chi connectivity index (χ2n) is 5.82. The van der Waals surface area contributed by atoms with E-state index in [1.54, 1.807) is 18.4 Å². The van der Waals surface area contributed by atoms with Crippen molar-refractivity contribution in [3.8, 4) is 0 Å². The standard InChI is InChI=1S/C16H24N4OS/c1-19-6-8-20(9-7-19)12-13-3-4-14-15(11-13)22-16(18-14)17-5-10-21-2/h3-4,11H,5-10,12H2,1-2H3,(H,17,18). The summed E-state index contributed by atoms with van der Waals surface area (Å²) in [7, 11) is 3.91. The maximum absolute atomic E-state index is 5.05. The number of benzene rings is 1. The Kier molecular flexibility index (Phi) is 5.25. The molecule has 1 aliphatic rings. The van der Waals surface area contributed by atoms with Crippen LogP contribution in [0.3, 0.4) is 0 Å². The molecule has 0 atom stereocenters. The molecule has 1 aliphatic heterocycles. The second-order valence-corrected chi connectivity index (χ2v) is 6.85. The van der Waals surface area contributed by atoms with Crippen molar-refractivity contribution < 1.29 is 4.74 Å². The van der Waals surface area contributed by atoms with Crippen molar-refractivity contribution in [1.29, 1.82) is 0 Å². The molecule has 3 rings (SSSR count). The number of hydrogen-bond donors (Lipinski definition) is 1. The Labute approximate surface area is 135 Å². The van der Waals surface area contributed by atoms with Gasteiger partial charge < -0.3 is 15.0 Å².